The minimum absolute atomic E-state index is 0.172. The van der Waals surface area contributed by atoms with Gasteiger partial charge in [-0.3, -0.25) is 9.78 Å². The van der Waals surface area contributed by atoms with Crippen molar-refractivity contribution < 1.29 is 14.3 Å². The second kappa shape index (κ2) is 10.9. The van der Waals surface area contributed by atoms with Gasteiger partial charge in [0.05, 0.1) is 24.4 Å². The number of nitrogens with one attached hydrogen (secondary N) is 2. The number of thiophene rings is 2. The molecule has 1 aliphatic rings. The number of rotatable bonds is 7. The molecule has 7 nitrogen and oxygen atoms in total. The van der Waals surface area contributed by atoms with Crippen LogP contribution in [0.2, 0.25) is 0 Å². The highest BCUT2D eigenvalue weighted by Crippen LogP contribution is 2.39. The fraction of sp³-hybridized carbons (Fsp3) is 0.250. The molecule has 1 unspecified atom stereocenters. The molecule has 0 radical (unpaired) electrons. The van der Waals surface area contributed by atoms with Crippen LogP contribution in [0.15, 0.2) is 48.0 Å². The lowest BCUT2D eigenvalue weighted by atomic mass is 9.88. The Balaban J connectivity index is 1.31. The summed E-state index contributed by atoms with van der Waals surface area (Å²) in [5.41, 5.74) is 2.30. The van der Waals surface area contributed by atoms with Crippen LogP contribution in [0.25, 0.3) is 6.08 Å². The smallest absolute Gasteiger partial charge is 0.407 e. The average Bonchev–Trinajstić information content (AvgIpc) is 3.47. The number of nitriles is 1. The van der Waals surface area contributed by atoms with Crippen LogP contribution in [-0.4, -0.2) is 23.6 Å². The summed E-state index contributed by atoms with van der Waals surface area (Å²) in [6, 6.07) is 11.6. The quantitative estimate of drug-likeness (QED) is 0.477. The number of aromatic nitrogens is 1. The zero-order valence-electron chi connectivity index (χ0n) is 17.7. The molecule has 1 atom stereocenters. The van der Waals surface area contributed by atoms with E-state index in [9.17, 15) is 14.9 Å². The van der Waals surface area contributed by atoms with Crippen molar-refractivity contribution in [3.05, 3.63) is 74.6 Å². The molecule has 0 saturated heterocycles. The van der Waals surface area contributed by atoms with E-state index in [4.69, 9.17) is 4.74 Å². The molecule has 2 N–H and O–H groups in total. The first-order chi connectivity index (χ1) is 16.1. The fourth-order valence-electron chi connectivity index (χ4n) is 3.61. The highest BCUT2D eigenvalue weighted by atomic mass is 32.1. The summed E-state index contributed by atoms with van der Waals surface area (Å²) in [5.74, 6) is -0.0893. The summed E-state index contributed by atoms with van der Waals surface area (Å²) in [5, 5.41) is 17.7. The molecule has 0 bridgehead atoms. The van der Waals surface area contributed by atoms with E-state index >= 15 is 0 Å². The normalized spacial score (nSPS) is 14.9. The molecule has 0 spiro atoms. The lowest BCUT2D eigenvalue weighted by Gasteiger charge is -2.21. The summed E-state index contributed by atoms with van der Waals surface area (Å²) >= 11 is 2.98. The van der Waals surface area contributed by atoms with E-state index in [1.165, 1.54) is 17.4 Å². The number of nitrogens with zero attached hydrogens (tertiary/aromatic N) is 2. The van der Waals surface area contributed by atoms with E-state index in [-0.39, 0.29) is 11.8 Å². The third-order valence-corrected chi connectivity index (χ3v) is 7.26. The van der Waals surface area contributed by atoms with Crippen molar-refractivity contribution in [2.45, 2.75) is 25.8 Å². The predicted molar refractivity (Wildman–Crippen MR) is 129 cm³/mol. The van der Waals surface area contributed by atoms with E-state index in [2.05, 4.69) is 21.7 Å². The predicted octanol–water partition coefficient (Wildman–Crippen LogP) is 4.76. The zero-order valence-corrected chi connectivity index (χ0v) is 19.4. The zero-order chi connectivity index (χ0) is 23.0. The van der Waals surface area contributed by atoms with E-state index in [0.717, 1.165) is 33.9 Å². The van der Waals surface area contributed by atoms with Crippen molar-refractivity contribution in [1.82, 2.24) is 10.3 Å². The molecule has 0 fully saturated rings. The van der Waals surface area contributed by atoms with Gasteiger partial charge in [-0.2, -0.15) is 5.26 Å². The van der Waals surface area contributed by atoms with Gasteiger partial charge in [0, 0.05) is 22.0 Å². The highest BCUT2D eigenvalue weighted by molar-refractivity contribution is 7.16. The van der Waals surface area contributed by atoms with Crippen LogP contribution in [0, 0.1) is 17.2 Å². The lowest BCUT2D eigenvalue weighted by molar-refractivity contribution is -0.111. The van der Waals surface area contributed by atoms with E-state index < -0.39 is 6.09 Å². The van der Waals surface area contributed by atoms with Crippen molar-refractivity contribution in [1.29, 1.82) is 5.26 Å². The van der Waals surface area contributed by atoms with Gasteiger partial charge in [-0.15, -0.1) is 22.7 Å². The molecule has 33 heavy (non-hydrogen) atoms. The summed E-state index contributed by atoms with van der Waals surface area (Å²) in [7, 11) is 0. The third-order valence-electron chi connectivity index (χ3n) is 5.25. The van der Waals surface area contributed by atoms with Gasteiger partial charge in [0.2, 0.25) is 5.91 Å². The SMILES string of the molecule is N#Cc1c(NC(=O)/C=C/c2cccs2)sc2c1CCC(COC(=O)NCc1ccccn1)C2. The summed E-state index contributed by atoms with van der Waals surface area (Å²) in [6.45, 7) is 0.619. The maximum atomic E-state index is 12.3. The van der Waals surface area contributed by atoms with Crippen LogP contribution < -0.4 is 10.6 Å². The molecular formula is C24H22N4O3S2. The van der Waals surface area contributed by atoms with Gasteiger partial charge in [-0.1, -0.05) is 12.1 Å². The van der Waals surface area contributed by atoms with Crippen molar-refractivity contribution >= 4 is 45.8 Å². The van der Waals surface area contributed by atoms with Crippen molar-refractivity contribution in [2.75, 3.05) is 11.9 Å². The number of ether oxygens (including phenoxy) is 1. The number of pyridine rings is 1. The second-order valence-electron chi connectivity index (χ2n) is 7.54. The number of carbonyl (C=O) groups excluding carboxylic acids is 2. The number of hydrogen-bond donors (Lipinski definition) is 2. The van der Waals surface area contributed by atoms with Crippen LogP contribution in [0.3, 0.4) is 0 Å². The number of carbonyl (C=O) groups is 2. The van der Waals surface area contributed by atoms with E-state index in [1.54, 1.807) is 23.6 Å². The van der Waals surface area contributed by atoms with Gasteiger partial charge >= 0.3 is 6.09 Å². The Hall–Kier alpha value is -3.48. The molecule has 1 aliphatic carbocycles. The Morgan fingerprint density at radius 3 is 2.97 bits per heavy atom. The largest absolute Gasteiger partial charge is 0.449 e. The molecule has 0 saturated carbocycles. The molecule has 3 heterocycles. The van der Waals surface area contributed by atoms with Crippen molar-refractivity contribution in [3.8, 4) is 6.07 Å². The Bertz CT molecular complexity index is 1180. The van der Waals surface area contributed by atoms with Crippen LogP contribution >= 0.6 is 22.7 Å². The average molecular weight is 479 g/mol. The van der Waals surface area contributed by atoms with E-state index in [1.807, 2.05) is 35.7 Å². The Morgan fingerprint density at radius 1 is 1.30 bits per heavy atom. The first-order valence-electron chi connectivity index (χ1n) is 10.5. The second-order valence-corrected chi connectivity index (χ2v) is 9.62. The molecule has 3 aromatic rings. The highest BCUT2D eigenvalue weighted by Gasteiger charge is 2.27. The Morgan fingerprint density at radius 2 is 2.21 bits per heavy atom. The van der Waals surface area contributed by atoms with Gasteiger partial charge in [-0.25, -0.2) is 4.79 Å². The third kappa shape index (κ3) is 6.06. The molecule has 2 amide bonds. The van der Waals surface area contributed by atoms with Gasteiger partial charge < -0.3 is 15.4 Å². The maximum absolute atomic E-state index is 12.3. The molecule has 4 rings (SSSR count). The van der Waals surface area contributed by atoms with E-state index in [0.29, 0.717) is 30.1 Å². The standard InChI is InChI=1S/C24H22N4O3S2/c25-13-20-19-8-6-16(15-31-24(30)27-14-17-4-1-2-10-26-17)12-21(19)33-23(20)28-22(29)9-7-18-5-3-11-32-18/h1-5,7,9-11,16H,6,8,12,14-15H2,(H,27,30)(H,28,29)/b9-7+. The molecule has 168 valence electrons. The van der Waals surface area contributed by atoms with Gasteiger partial charge in [0.25, 0.3) is 0 Å². The molecular weight excluding hydrogens is 456 g/mol. The monoisotopic (exact) mass is 478 g/mol. The fourth-order valence-corrected chi connectivity index (χ4v) is 5.54. The van der Waals surface area contributed by atoms with Crippen LogP contribution in [-0.2, 0) is 28.9 Å². The number of fused-ring (bicyclic) bond motifs is 1. The minimum atomic E-state index is -0.471. The molecule has 0 aromatic carbocycles. The topological polar surface area (TPSA) is 104 Å². The molecule has 0 aliphatic heterocycles. The maximum Gasteiger partial charge on any atom is 0.407 e. The number of anilines is 1. The summed E-state index contributed by atoms with van der Waals surface area (Å²) in [4.78, 5) is 30.6. The Labute approximate surface area is 199 Å². The van der Waals surface area contributed by atoms with Crippen LogP contribution in [0.4, 0.5) is 9.80 Å². The van der Waals surface area contributed by atoms with Gasteiger partial charge in [0.15, 0.2) is 0 Å². The first kappa shape index (κ1) is 22.7. The van der Waals surface area contributed by atoms with Crippen molar-refractivity contribution in [3.63, 3.8) is 0 Å². The number of hydrogen-bond acceptors (Lipinski definition) is 7. The number of alkyl carbamates (subject to hydrolysis) is 1. The molecule has 3 aromatic heterocycles. The van der Waals surface area contributed by atoms with Gasteiger partial charge in [-0.05, 0) is 60.4 Å². The van der Waals surface area contributed by atoms with Crippen LogP contribution in [0.1, 0.15) is 33.0 Å². The lowest BCUT2D eigenvalue weighted by Crippen LogP contribution is -2.28. The van der Waals surface area contributed by atoms with Crippen molar-refractivity contribution in [2.24, 2.45) is 5.92 Å². The summed E-state index contributed by atoms with van der Waals surface area (Å²) < 4.78 is 5.40. The Kier molecular flexibility index (Phi) is 7.50. The molecule has 9 heteroatoms. The van der Waals surface area contributed by atoms with Gasteiger partial charge in [0.1, 0.15) is 11.1 Å². The minimum Gasteiger partial charge on any atom is -0.449 e. The summed E-state index contributed by atoms with van der Waals surface area (Å²) in [6.07, 6.45) is 6.69. The van der Waals surface area contributed by atoms with Crippen LogP contribution in [0.5, 0.6) is 0 Å². The first-order valence-corrected chi connectivity index (χ1v) is 12.2. The number of amides is 2.